The third-order valence-corrected chi connectivity index (χ3v) is 3.87. The number of para-hydroxylation sites is 1. The highest BCUT2D eigenvalue weighted by Gasteiger charge is 2.26. The fourth-order valence-corrected chi connectivity index (χ4v) is 2.59. The summed E-state index contributed by atoms with van der Waals surface area (Å²) in [5.74, 6) is 1.05. The van der Waals surface area contributed by atoms with Crippen molar-refractivity contribution in [3.63, 3.8) is 0 Å². The van der Waals surface area contributed by atoms with Crippen molar-refractivity contribution in [2.45, 2.75) is 6.92 Å². The van der Waals surface area contributed by atoms with Crippen molar-refractivity contribution in [3.05, 3.63) is 71.0 Å². The Morgan fingerprint density at radius 1 is 1.11 bits per heavy atom. The van der Waals surface area contributed by atoms with Crippen molar-refractivity contribution in [2.75, 3.05) is 23.9 Å². The van der Waals surface area contributed by atoms with E-state index in [1.54, 1.807) is 36.2 Å². The maximum atomic E-state index is 11.7. The fraction of sp³-hybridized carbons (Fsp3) is 0.158. The van der Waals surface area contributed by atoms with E-state index in [4.69, 9.17) is 4.74 Å². The Hall–Kier alpha value is -3.68. The van der Waals surface area contributed by atoms with Gasteiger partial charge in [-0.25, -0.2) is 9.97 Å². The first kappa shape index (κ1) is 18.1. The SMILES string of the molecule is CCOc1ccc(Nc2ncnc(N(C)c3ccccc3)c2[N+](=O)[O-])cc1. The van der Waals surface area contributed by atoms with E-state index < -0.39 is 4.92 Å². The minimum absolute atomic E-state index is 0.122. The largest absolute Gasteiger partial charge is 0.494 e. The predicted octanol–water partition coefficient (Wildman–Crippen LogP) is 4.30. The lowest BCUT2D eigenvalue weighted by Gasteiger charge is -2.18. The molecule has 1 aromatic heterocycles. The zero-order chi connectivity index (χ0) is 19.2. The van der Waals surface area contributed by atoms with Crippen LogP contribution in [0.2, 0.25) is 0 Å². The van der Waals surface area contributed by atoms with E-state index >= 15 is 0 Å². The van der Waals surface area contributed by atoms with Crippen molar-refractivity contribution >= 4 is 28.7 Å². The van der Waals surface area contributed by atoms with Crippen LogP contribution in [0.4, 0.5) is 28.7 Å². The average Bonchev–Trinajstić information content (AvgIpc) is 2.69. The number of anilines is 4. The highest BCUT2D eigenvalue weighted by Crippen LogP contribution is 2.36. The van der Waals surface area contributed by atoms with Crippen LogP contribution >= 0.6 is 0 Å². The van der Waals surface area contributed by atoms with Crippen LogP contribution in [0.25, 0.3) is 0 Å². The topological polar surface area (TPSA) is 93.4 Å². The van der Waals surface area contributed by atoms with Gasteiger partial charge >= 0.3 is 5.69 Å². The molecular formula is C19H19N5O3. The molecule has 0 saturated carbocycles. The molecule has 2 aromatic carbocycles. The summed E-state index contributed by atoms with van der Waals surface area (Å²) in [7, 11) is 1.73. The molecule has 0 unspecified atom stereocenters. The van der Waals surface area contributed by atoms with Crippen LogP contribution in [0.3, 0.4) is 0 Å². The van der Waals surface area contributed by atoms with Gasteiger partial charge < -0.3 is 15.0 Å². The van der Waals surface area contributed by atoms with Crippen molar-refractivity contribution < 1.29 is 9.66 Å². The van der Waals surface area contributed by atoms with Gasteiger partial charge in [0.15, 0.2) is 0 Å². The molecule has 0 fully saturated rings. The van der Waals surface area contributed by atoms with Crippen molar-refractivity contribution in [3.8, 4) is 5.75 Å². The number of benzene rings is 2. The van der Waals surface area contributed by atoms with Crippen LogP contribution in [-0.4, -0.2) is 28.5 Å². The van der Waals surface area contributed by atoms with Gasteiger partial charge in [-0.2, -0.15) is 0 Å². The van der Waals surface area contributed by atoms with Gasteiger partial charge in [0.05, 0.1) is 11.5 Å². The zero-order valence-corrected chi connectivity index (χ0v) is 15.0. The lowest BCUT2D eigenvalue weighted by molar-refractivity contribution is -0.383. The Labute approximate surface area is 156 Å². The number of hydrogen-bond acceptors (Lipinski definition) is 7. The second-order valence-corrected chi connectivity index (χ2v) is 5.63. The van der Waals surface area contributed by atoms with Gasteiger partial charge in [-0.1, -0.05) is 18.2 Å². The highest BCUT2D eigenvalue weighted by atomic mass is 16.6. The van der Waals surface area contributed by atoms with Crippen LogP contribution < -0.4 is 15.0 Å². The molecule has 8 nitrogen and oxygen atoms in total. The number of rotatable bonds is 7. The molecule has 1 heterocycles. The quantitative estimate of drug-likeness (QED) is 0.493. The van der Waals surface area contributed by atoms with Crippen molar-refractivity contribution in [2.24, 2.45) is 0 Å². The lowest BCUT2D eigenvalue weighted by atomic mass is 10.2. The summed E-state index contributed by atoms with van der Waals surface area (Å²) in [5.41, 5.74) is 1.25. The molecule has 0 aliphatic rings. The number of nitrogens with zero attached hydrogens (tertiary/aromatic N) is 4. The lowest BCUT2D eigenvalue weighted by Crippen LogP contribution is -2.15. The van der Waals surface area contributed by atoms with E-state index in [1.807, 2.05) is 37.3 Å². The highest BCUT2D eigenvalue weighted by molar-refractivity contribution is 5.77. The van der Waals surface area contributed by atoms with Crippen LogP contribution in [-0.2, 0) is 0 Å². The molecule has 0 spiro atoms. The molecule has 0 atom stereocenters. The maximum absolute atomic E-state index is 11.7. The number of hydrogen-bond donors (Lipinski definition) is 1. The first-order chi connectivity index (χ1) is 13.1. The molecule has 0 saturated heterocycles. The third kappa shape index (κ3) is 4.12. The minimum atomic E-state index is -0.480. The van der Waals surface area contributed by atoms with Gasteiger partial charge in [-0.05, 0) is 43.3 Å². The molecular weight excluding hydrogens is 346 g/mol. The molecule has 0 aliphatic carbocycles. The zero-order valence-electron chi connectivity index (χ0n) is 15.0. The van der Waals surface area contributed by atoms with Gasteiger partial charge in [-0.15, -0.1) is 0 Å². The summed E-state index contributed by atoms with van der Waals surface area (Å²) in [4.78, 5) is 21.1. The Bertz CT molecular complexity index is 916. The standard InChI is InChI=1S/C19H19N5O3/c1-3-27-16-11-9-14(10-12-16)22-18-17(24(25)26)19(21-13-20-18)23(2)15-7-5-4-6-8-15/h4-13H,3H2,1-2H3,(H,20,21,22). The number of nitrogens with one attached hydrogen (secondary N) is 1. The summed E-state index contributed by atoms with van der Waals surface area (Å²) in [6.45, 7) is 2.47. The molecule has 3 aromatic rings. The third-order valence-electron chi connectivity index (χ3n) is 3.87. The molecule has 8 heteroatoms. The minimum Gasteiger partial charge on any atom is -0.494 e. The second kappa shape index (κ2) is 8.13. The molecule has 0 amide bonds. The maximum Gasteiger partial charge on any atom is 0.354 e. The number of ether oxygens (including phenoxy) is 1. The first-order valence-electron chi connectivity index (χ1n) is 8.38. The molecule has 27 heavy (non-hydrogen) atoms. The summed E-state index contributed by atoms with van der Waals surface area (Å²) in [6.07, 6.45) is 1.30. The van der Waals surface area contributed by atoms with Crippen LogP contribution in [0.1, 0.15) is 6.92 Å². The van der Waals surface area contributed by atoms with E-state index in [1.165, 1.54) is 6.33 Å². The summed E-state index contributed by atoms with van der Waals surface area (Å²) in [5, 5.41) is 14.7. The van der Waals surface area contributed by atoms with E-state index in [2.05, 4.69) is 15.3 Å². The molecule has 3 rings (SSSR count). The first-order valence-corrected chi connectivity index (χ1v) is 8.38. The van der Waals surface area contributed by atoms with Crippen LogP contribution in [0.15, 0.2) is 60.9 Å². The van der Waals surface area contributed by atoms with E-state index in [0.717, 1.165) is 11.4 Å². The Kier molecular flexibility index (Phi) is 5.46. The summed E-state index contributed by atoms with van der Waals surface area (Å²) in [6, 6.07) is 16.4. The summed E-state index contributed by atoms with van der Waals surface area (Å²) >= 11 is 0. The van der Waals surface area contributed by atoms with Gasteiger partial charge in [0, 0.05) is 18.4 Å². The Morgan fingerprint density at radius 3 is 2.44 bits per heavy atom. The van der Waals surface area contributed by atoms with E-state index in [-0.39, 0.29) is 17.3 Å². The monoisotopic (exact) mass is 365 g/mol. The smallest absolute Gasteiger partial charge is 0.354 e. The summed E-state index contributed by atoms with van der Waals surface area (Å²) < 4.78 is 5.40. The normalized spacial score (nSPS) is 10.3. The van der Waals surface area contributed by atoms with Crippen LogP contribution in [0, 0.1) is 10.1 Å². The van der Waals surface area contributed by atoms with Gasteiger partial charge in [0.2, 0.25) is 11.6 Å². The number of nitro groups is 1. The molecule has 0 bridgehead atoms. The Balaban J connectivity index is 1.95. The van der Waals surface area contributed by atoms with Gasteiger partial charge in [0.25, 0.3) is 0 Å². The average molecular weight is 365 g/mol. The van der Waals surface area contributed by atoms with Gasteiger partial charge in [-0.3, -0.25) is 10.1 Å². The predicted molar refractivity (Wildman–Crippen MR) is 104 cm³/mol. The van der Waals surface area contributed by atoms with Crippen LogP contribution in [0.5, 0.6) is 5.75 Å². The number of aromatic nitrogens is 2. The molecule has 0 radical (unpaired) electrons. The van der Waals surface area contributed by atoms with E-state index in [0.29, 0.717) is 12.3 Å². The Morgan fingerprint density at radius 2 is 1.81 bits per heavy atom. The fourth-order valence-electron chi connectivity index (χ4n) is 2.59. The molecule has 138 valence electrons. The van der Waals surface area contributed by atoms with Crippen molar-refractivity contribution in [1.29, 1.82) is 0 Å². The van der Waals surface area contributed by atoms with Crippen molar-refractivity contribution in [1.82, 2.24) is 9.97 Å². The molecule has 0 aliphatic heterocycles. The molecule has 1 N–H and O–H groups in total. The second-order valence-electron chi connectivity index (χ2n) is 5.63. The van der Waals surface area contributed by atoms with Gasteiger partial charge in [0.1, 0.15) is 12.1 Å². The van der Waals surface area contributed by atoms with E-state index in [9.17, 15) is 10.1 Å².